The molecule has 0 aromatic heterocycles. The molecule has 0 aromatic rings. The first-order valence-electron chi connectivity index (χ1n) is 3.63. The van der Waals surface area contributed by atoms with Crippen LogP contribution in [0.3, 0.4) is 0 Å². The number of hydrogen-bond acceptors (Lipinski definition) is 2. The average molecular weight is 187 g/mol. The summed E-state index contributed by atoms with van der Waals surface area (Å²) in [6.07, 6.45) is 0.467. The second-order valence-corrected chi connectivity index (χ2v) is 2.27. The molecule has 0 saturated carbocycles. The zero-order valence-corrected chi connectivity index (χ0v) is 7.10. The number of guanidine groups is 2. The molecule has 13 heavy (non-hydrogen) atoms. The Morgan fingerprint density at radius 2 is 1.92 bits per heavy atom. The van der Waals surface area contributed by atoms with Crippen molar-refractivity contribution in [3.63, 3.8) is 0 Å². The Balaban J connectivity index is 3.72. The summed E-state index contributed by atoms with van der Waals surface area (Å²) >= 11 is 0. The van der Waals surface area contributed by atoms with Crippen molar-refractivity contribution in [3.8, 4) is 0 Å². The average Bonchev–Trinajstić information content (AvgIpc) is 1.96. The quantitative estimate of drug-likeness (QED) is 0.239. The summed E-state index contributed by atoms with van der Waals surface area (Å²) in [4.78, 5) is 17.2. The van der Waals surface area contributed by atoms with Crippen LogP contribution >= 0.6 is 0 Å². The third-order valence-electron chi connectivity index (χ3n) is 1.07. The fourth-order valence-corrected chi connectivity index (χ4v) is 0.592. The van der Waals surface area contributed by atoms with Crippen molar-refractivity contribution in [1.29, 1.82) is 0 Å². The molecule has 0 rings (SSSR count). The van der Waals surface area contributed by atoms with E-state index in [9.17, 15) is 4.79 Å². The highest BCUT2D eigenvalue weighted by Gasteiger charge is 1.95. The maximum absolute atomic E-state index is 10.1. The highest BCUT2D eigenvalue weighted by Crippen LogP contribution is 1.89. The van der Waals surface area contributed by atoms with Gasteiger partial charge in [-0.3, -0.25) is 9.79 Å². The van der Waals surface area contributed by atoms with Crippen LogP contribution in [0, 0.1) is 0 Å². The van der Waals surface area contributed by atoms with E-state index in [1.807, 2.05) is 0 Å². The Morgan fingerprint density at radius 3 is 2.38 bits per heavy atom. The molecule has 74 valence electrons. The van der Waals surface area contributed by atoms with Gasteiger partial charge in [-0.25, -0.2) is 0 Å². The van der Waals surface area contributed by atoms with E-state index >= 15 is 0 Å². The molecule has 7 nitrogen and oxygen atoms in total. The van der Waals surface area contributed by atoms with Gasteiger partial charge >= 0.3 is 5.97 Å². The monoisotopic (exact) mass is 187 g/mol. The van der Waals surface area contributed by atoms with Crippen molar-refractivity contribution in [2.24, 2.45) is 27.2 Å². The highest BCUT2D eigenvalue weighted by molar-refractivity contribution is 5.92. The minimum atomic E-state index is -0.865. The summed E-state index contributed by atoms with van der Waals surface area (Å²) in [5.41, 5.74) is 15.3. The zero-order chi connectivity index (χ0) is 10.3. The lowest BCUT2D eigenvalue weighted by Gasteiger charge is -1.94. The fraction of sp³-hybridized carbons (Fsp3) is 0.500. The molecule has 0 aliphatic rings. The van der Waals surface area contributed by atoms with Crippen LogP contribution in [-0.4, -0.2) is 29.5 Å². The van der Waals surface area contributed by atoms with Crippen LogP contribution in [-0.2, 0) is 4.79 Å². The van der Waals surface area contributed by atoms with Crippen molar-refractivity contribution in [1.82, 2.24) is 0 Å². The fourth-order valence-electron chi connectivity index (χ4n) is 0.592. The van der Waals surface area contributed by atoms with E-state index < -0.39 is 5.97 Å². The predicted octanol–water partition coefficient (Wildman–Crippen LogP) is -1.56. The molecule has 0 atom stereocenters. The lowest BCUT2D eigenvalue weighted by Crippen LogP contribution is -2.26. The van der Waals surface area contributed by atoms with Crippen LogP contribution in [0.1, 0.15) is 12.8 Å². The molecular weight excluding hydrogens is 174 g/mol. The third-order valence-corrected chi connectivity index (χ3v) is 1.07. The van der Waals surface area contributed by atoms with Crippen LogP contribution in [0.15, 0.2) is 9.98 Å². The zero-order valence-electron chi connectivity index (χ0n) is 7.10. The molecule has 0 aliphatic heterocycles. The van der Waals surface area contributed by atoms with E-state index in [4.69, 9.17) is 22.3 Å². The molecule has 0 amide bonds. The van der Waals surface area contributed by atoms with Gasteiger partial charge in [0.25, 0.3) is 0 Å². The number of hydrogen-bond donors (Lipinski definition) is 4. The number of nitrogens with zero attached hydrogens (tertiary/aromatic N) is 2. The van der Waals surface area contributed by atoms with Gasteiger partial charge in [0.05, 0.1) is 0 Å². The Bertz CT molecular complexity index is 231. The summed E-state index contributed by atoms with van der Waals surface area (Å²) in [6, 6.07) is 0. The molecule has 0 aromatic carbocycles. The first-order chi connectivity index (χ1) is 6.02. The Hall–Kier alpha value is -1.79. The summed E-state index contributed by atoms with van der Waals surface area (Å²) < 4.78 is 0. The highest BCUT2D eigenvalue weighted by atomic mass is 16.4. The number of aliphatic carboxylic acids is 1. The number of carbonyl (C=O) groups is 1. The number of carboxylic acids is 1. The number of carboxylic acid groups (broad SMARTS) is 1. The van der Waals surface area contributed by atoms with E-state index in [1.54, 1.807) is 0 Å². The minimum Gasteiger partial charge on any atom is -0.481 e. The molecule has 0 saturated heterocycles. The Kier molecular flexibility index (Phi) is 5.01. The van der Waals surface area contributed by atoms with E-state index in [1.165, 1.54) is 0 Å². The van der Waals surface area contributed by atoms with Crippen molar-refractivity contribution >= 4 is 17.9 Å². The normalized spacial score (nSPS) is 10.9. The van der Waals surface area contributed by atoms with Crippen LogP contribution in [0.5, 0.6) is 0 Å². The van der Waals surface area contributed by atoms with Gasteiger partial charge in [-0.05, 0) is 6.42 Å². The van der Waals surface area contributed by atoms with Gasteiger partial charge < -0.3 is 22.3 Å². The van der Waals surface area contributed by atoms with Gasteiger partial charge in [-0.15, -0.1) is 0 Å². The third kappa shape index (κ3) is 8.11. The van der Waals surface area contributed by atoms with Gasteiger partial charge in [0.2, 0.25) is 5.96 Å². The topological polar surface area (TPSA) is 140 Å². The number of aliphatic imine (C=N–C) groups is 2. The number of nitrogens with two attached hydrogens (primary N) is 3. The summed E-state index contributed by atoms with van der Waals surface area (Å²) in [5.74, 6) is -1.07. The Labute approximate surface area is 75.3 Å². The Morgan fingerprint density at radius 1 is 1.31 bits per heavy atom. The van der Waals surface area contributed by atoms with Gasteiger partial charge in [0, 0.05) is 13.0 Å². The first kappa shape index (κ1) is 11.2. The van der Waals surface area contributed by atoms with Crippen molar-refractivity contribution in [3.05, 3.63) is 0 Å². The molecule has 0 unspecified atom stereocenters. The van der Waals surface area contributed by atoms with Crippen molar-refractivity contribution in [2.45, 2.75) is 12.8 Å². The van der Waals surface area contributed by atoms with E-state index in [0.29, 0.717) is 13.0 Å². The van der Waals surface area contributed by atoms with Crippen LogP contribution in [0.2, 0.25) is 0 Å². The van der Waals surface area contributed by atoms with Crippen LogP contribution < -0.4 is 17.2 Å². The van der Waals surface area contributed by atoms with Crippen LogP contribution in [0.25, 0.3) is 0 Å². The molecular formula is C6H13N5O2. The molecule has 0 radical (unpaired) electrons. The van der Waals surface area contributed by atoms with E-state index in [-0.39, 0.29) is 18.3 Å². The largest absolute Gasteiger partial charge is 0.481 e. The molecule has 0 spiro atoms. The SMILES string of the molecule is NC(N)=NC(N)=NCCCC(=O)O. The maximum Gasteiger partial charge on any atom is 0.303 e. The summed E-state index contributed by atoms with van der Waals surface area (Å²) in [5, 5.41) is 8.28. The van der Waals surface area contributed by atoms with Gasteiger partial charge in [-0.2, -0.15) is 4.99 Å². The summed E-state index contributed by atoms with van der Waals surface area (Å²) in [7, 11) is 0. The van der Waals surface area contributed by atoms with E-state index in [0.717, 1.165) is 0 Å². The molecule has 0 heterocycles. The standard InChI is InChI=1S/C6H13N5O2/c7-5(8)11-6(9)10-3-1-2-4(12)13/h1-3H2,(H,12,13)(H6,7,8,9,10,11). The molecule has 0 fully saturated rings. The van der Waals surface area contributed by atoms with Crippen molar-refractivity contribution in [2.75, 3.05) is 6.54 Å². The first-order valence-corrected chi connectivity index (χ1v) is 3.63. The second-order valence-electron chi connectivity index (χ2n) is 2.27. The van der Waals surface area contributed by atoms with Gasteiger partial charge in [0.15, 0.2) is 5.96 Å². The van der Waals surface area contributed by atoms with Crippen LogP contribution in [0.4, 0.5) is 0 Å². The second kappa shape index (κ2) is 5.81. The smallest absolute Gasteiger partial charge is 0.303 e. The molecule has 0 bridgehead atoms. The molecule has 0 aliphatic carbocycles. The molecule has 7 N–H and O–H groups in total. The van der Waals surface area contributed by atoms with Crippen molar-refractivity contribution < 1.29 is 9.90 Å². The van der Waals surface area contributed by atoms with Gasteiger partial charge in [-0.1, -0.05) is 0 Å². The van der Waals surface area contributed by atoms with E-state index in [2.05, 4.69) is 9.98 Å². The van der Waals surface area contributed by atoms with Gasteiger partial charge in [0.1, 0.15) is 0 Å². The minimum absolute atomic E-state index is 0.0367. The summed E-state index contributed by atoms with van der Waals surface area (Å²) in [6.45, 7) is 0.301. The lowest BCUT2D eigenvalue weighted by molar-refractivity contribution is -0.137. The molecule has 7 heteroatoms. The predicted molar refractivity (Wildman–Crippen MR) is 49.2 cm³/mol. The maximum atomic E-state index is 10.1. The number of rotatable bonds is 4. The lowest BCUT2D eigenvalue weighted by atomic mass is 10.3.